The zero-order valence-electron chi connectivity index (χ0n) is 10.6. The van der Waals surface area contributed by atoms with Crippen LogP contribution in [0.1, 0.15) is 5.76 Å². The molecule has 3 N–H and O–H groups in total. The summed E-state index contributed by atoms with van der Waals surface area (Å²) in [5, 5.41) is 2.66. The molecule has 0 spiro atoms. The molecule has 0 aliphatic carbocycles. The van der Waals surface area contributed by atoms with Crippen molar-refractivity contribution in [3.8, 4) is 11.3 Å². The number of anilines is 2. The molecule has 0 aliphatic heterocycles. The number of hydrogen-bond acceptors (Lipinski definition) is 6. The molecule has 6 heteroatoms. The molecule has 1 aromatic carbocycles. The molecule has 20 heavy (non-hydrogen) atoms. The minimum Gasteiger partial charge on any atom is -0.467 e. The molecule has 2 heterocycles. The molecule has 5 nitrogen and oxygen atoms in total. The lowest BCUT2D eigenvalue weighted by molar-refractivity contribution is 0.160. The Morgan fingerprint density at radius 2 is 2.10 bits per heavy atom. The third kappa shape index (κ3) is 2.98. The highest BCUT2D eigenvalue weighted by atomic mass is 32.1. The van der Waals surface area contributed by atoms with E-state index in [-0.39, 0.29) is 0 Å². The van der Waals surface area contributed by atoms with Crippen molar-refractivity contribution in [2.24, 2.45) is 0 Å². The van der Waals surface area contributed by atoms with Crippen molar-refractivity contribution < 1.29 is 9.25 Å². The van der Waals surface area contributed by atoms with Crippen LogP contribution in [0.25, 0.3) is 11.3 Å². The van der Waals surface area contributed by atoms with Gasteiger partial charge in [0.15, 0.2) is 0 Å². The number of nitrogens with one attached hydrogen (secondary N) is 1. The van der Waals surface area contributed by atoms with E-state index in [4.69, 9.17) is 15.0 Å². The Bertz CT molecular complexity index is 662. The summed E-state index contributed by atoms with van der Waals surface area (Å²) >= 11 is 1.48. The Morgan fingerprint density at radius 3 is 2.85 bits per heavy atom. The first-order valence-electron chi connectivity index (χ1n) is 6.03. The minimum atomic E-state index is 0.351. The predicted octanol–water partition coefficient (Wildman–Crippen LogP) is 3.53. The number of hydrogen-bond donors (Lipinski definition) is 2. The topological polar surface area (TPSA) is 73.3 Å². The lowest BCUT2D eigenvalue weighted by Gasteiger charge is -2.01. The Morgan fingerprint density at radius 1 is 1.25 bits per heavy atom. The first-order valence-corrected chi connectivity index (χ1v) is 6.91. The summed E-state index contributed by atoms with van der Waals surface area (Å²) in [6, 6.07) is 11.3. The number of thiazole rings is 1. The van der Waals surface area contributed by atoms with Crippen LogP contribution >= 0.6 is 11.3 Å². The first-order chi connectivity index (χ1) is 9.81. The lowest BCUT2D eigenvalue weighted by Crippen LogP contribution is -2.00. The monoisotopic (exact) mass is 287 g/mol. The summed E-state index contributed by atoms with van der Waals surface area (Å²) < 4.78 is 5.16. The molecular weight excluding hydrogens is 274 g/mol. The third-order valence-corrected chi connectivity index (χ3v) is 3.40. The van der Waals surface area contributed by atoms with Crippen LogP contribution in [-0.4, -0.2) is 4.98 Å². The van der Waals surface area contributed by atoms with Crippen LogP contribution in [0, 0.1) is 0 Å². The Kier molecular flexibility index (Phi) is 3.67. The fourth-order valence-corrected chi connectivity index (χ4v) is 2.34. The molecule has 3 aromatic rings. The standard InChI is InChI=1S/C14H13N3O2S/c15-11-5-3-10(4-6-11)13-9-20-14(16-13)17-19-8-12-2-1-7-18-12/h1-7,9H,8,15H2,(H,16,17). The Balaban J connectivity index is 1.60. The van der Waals surface area contributed by atoms with Gasteiger partial charge in [0.05, 0.1) is 12.0 Å². The van der Waals surface area contributed by atoms with Crippen LogP contribution in [0.4, 0.5) is 10.8 Å². The molecule has 0 atom stereocenters. The molecule has 102 valence electrons. The quantitative estimate of drug-likeness (QED) is 0.554. The van der Waals surface area contributed by atoms with Crippen molar-refractivity contribution in [3.05, 3.63) is 53.8 Å². The number of benzene rings is 1. The number of nitrogens with zero attached hydrogens (tertiary/aromatic N) is 1. The largest absolute Gasteiger partial charge is 0.467 e. The second-order valence-electron chi connectivity index (χ2n) is 4.13. The van der Waals surface area contributed by atoms with Crippen molar-refractivity contribution in [2.45, 2.75) is 6.61 Å². The van der Waals surface area contributed by atoms with E-state index in [1.807, 2.05) is 41.8 Å². The van der Waals surface area contributed by atoms with E-state index in [0.29, 0.717) is 11.7 Å². The first kappa shape index (κ1) is 12.7. The van der Waals surface area contributed by atoms with Gasteiger partial charge >= 0.3 is 0 Å². The predicted molar refractivity (Wildman–Crippen MR) is 79.1 cm³/mol. The molecule has 0 saturated carbocycles. The maximum atomic E-state index is 5.66. The second kappa shape index (κ2) is 5.77. The van der Waals surface area contributed by atoms with Gasteiger partial charge in [-0.3, -0.25) is 4.84 Å². The van der Waals surface area contributed by atoms with Crippen LogP contribution in [0.3, 0.4) is 0 Å². The van der Waals surface area contributed by atoms with E-state index >= 15 is 0 Å². The second-order valence-corrected chi connectivity index (χ2v) is 4.99. The normalized spacial score (nSPS) is 10.6. The molecule has 3 rings (SSSR count). The average molecular weight is 287 g/mol. The van der Waals surface area contributed by atoms with Crippen LogP contribution in [0.15, 0.2) is 52.5 Å². The van der Waals surface area contributed by atoms with E-state index in [0.717, 1.165) is 22.7 Å². The SMILES string of the molecule is Nc1ccc(-c2csc(NOCc3ccco3)n2)cc1. The molecule has 0 fully saturated rings. The van der Waals surface area contributed by atoms with Crippen LogP contribution < -0.4 is 11.2 Å². The van der Waals surface area contributed by atoms with Crippen LogP contribution in [0.5, 0.6) is 0 Å². The maximum Gasteiger partial charge on any atom is 0.207 e. The summed E-state index contributed by atoms with van der Waals surface area (Å²) in [4.78, 5) is 9.76. The summed E-state index contributed by atoms with van der Waals surface area (Å²) in [5.41, 5.74) is 11.1. The Labute approximate surface area is 120 Å². The summed E-state index contributed by atoms with van der Waals surface area (Å²) in [6.45, 7) is 0.351. The van der Waals surface area contributed by atoms with E-state index in [1.54, 1.807) is 6.26 Å². The number of rotatable bonds is 5. The van der Waals surface area contributed by atoms with Gasteiger partial charge in [0, 0.05) is 16.6 Å². The van der Waals surface area contributed by atoms with Gasteiger partial charge < -0.3 is 10.2 Å². The fraction of sp³-hybridized carbons (Fsp3) is 0.0714. The summed E-state index contributed by atoms with van der Waals surface area (Å²) in [7, 11) is 0. The fourth-order valence-electron chi connectivity index (χ4n) is 1.67. The van der Waals surface area contributed by atoms with Crippen LogP contribution in [0.2, 0.25) is 0 Å². The number of nitrogens with two attached hydrogens (primary N) is 1. The zero-order chi connectivity index (χ0) is 13.8. The minimum absolute atomic E-state index is 0.351. The van der Waals surface area contributed by atoms with E-state index in [9.17, 15) is 0 Å². The van der Waals surface area contributed by atoms with E-state index < -0.39 is 0 Å². The summed E-state index contributed by atoms with van der Waals surface area (Å²) in [6.07, 6.45) is 1.61. The maximum absolute atomic E-state index is 5.66. The van der Waals surface area contributed by atoms with Gasteiger partial charge in [0.1, 0.15) is 12.4 Å². The summed E-state index contributed by atoms with van der Waals surface area (Å²) in [5.74, 6) is 0.757. The van der Waals surface area contributed by atoms with Gasteiger partial charge in [-0.25, -0.2) is 10.5 Å². The van der Waals surface area contributed by atoms with Crippen molar-refractivity contribution in [1.82, 2.24) is 4.98 Å². The van der Waals surface area contributed by atoms with Gasteiger partial charge in [0.25, 0.3) is 0 Å². The van der Waals surface area contributed by atoms with Gasteiger partial charge in [-0.1, -0.05) is 12.1 Å². The van der Waals surface area contributed by atoms with Crippen molar-refractivity contribution in [3.63, 3.8) is 0 Å². The van der Waals surface area contributed by atoms with E-state index in [1.165, 1.54) is 11.3 Å². The molecule has 2 aromatic heterocycles. The highest BCUT2D eigenvalue weighted by molar-refractivity contribution is 7.14. The van der Waals surface area contributed by atoms with Gasteiger partial charge in [0.2, 0.25) is 5.13 Å². The van der Waals surface area contributed by atoms with Gasteiger partial charge in [-0.2, -0.15) is 0 Å². The average Bonchev–Trinajstić information content (AvgIpc) is 3.11. The molecule has 0 bridgehead atoms. The van der Waals surface area contributed by atoms with Crippen molar-refractivity contribution >= 4 is 22.2 Å². The number of nitrogen functional groups attached to an aromatic ring is 1. The van der Waals surface area contributed by atoms with Gasteiger partial charge in [-0.15, -0.1) is 11.3 Å². The van der Waals surface area contributed by atoms with Crippen LogP contribution in [-0.2, 0) is 11.4 Å². The lowest BCUT2D eigenvalue weighted by atomic mass is 10.2. The third-order valence-electron chi connectivity index (χ3n) is 2.66. The number of aromatic nitrogens is 1. The van der Waals surface area contributed by atoms with Crippen molar-refractivity contribution in [2.75, 3.05) is 11.2 Å². The molecule has 0 saturated heterocycles. The number of furan rings is 1. The van der Waals surface area contributed by atoms with Crippen molar-refractivity contribution in [1.29, 1.82) is 0 Å². The molecule has 0 aliphatic rings. The highest BCUT2D eigenvalue weighted by Crippen LogP contribution is 2.25. The smallest absolute Gasteiger partial charge is 0.207 e. The van der Waals surface area contributed by atoms with E-state index in [2.05, 4.69) is 10.5 Å². The molecule has 0 unspecified atom stereocenters. The highest BCUT2D eigenvalue weighted by Gasteiger charge is 2.04. The molecular formula is C14H13N3O2S. The zero-order valence-corrected chi connectivity index (χ0v) is 11.4. The molecule has 0 amide bonds. The molecule has 0 radical (unpaired) electrons. The Hall–Kier alpha value is -2.31. The van der Waals surface area contributed by atoms with Gasteiger partial charge in [-0.05, 0) is 24.3 Å².